The summed E-state index contributed by atoms with van der Waals surface area (Å²) >= 11 is 0. The first-order valence-corrected chi connectivity index (χ1v) is 14.8. The summed E-state index contributed by atoms with van der Waals surface area (Å²) in [7, 11) is 0. The Morgan fingerprint density at radius 1 is 0.891 bits per heavy atom. The molecule has 224 valence electrons. The van der Waals surface area contributed by atoms with E-state index in [-0.39, 0.29) is 5.82 Å². The van der Waals surface area contributed by atoms with Crippen molar-refractivity contribution in [1.82, 2.24) is 39.4 Å². The van der Waals surface area contributed by atoms with Gasteiger partial charge in [-0.15, -0.1) is 0 Å². The summed E-state index contributed by atoms with van der Waals surface area (Å²) in [4.78, 5) is 29.1. The van der Waals surface area contributed by atoms with Gasteiger partial charge in [-0.2, -0.15) is 10.5 Å². The Hall–Kier alpha value is -6.24. The third-order valence-corrected chi connectivity index (χ3v) is 8.04. The summed E-state index contributed by atoms with van der Waals surface area (Å²) in [6.45, 7) is 2.72. The molecule has 1 saturated heterocycles. The zero-order valence-corrected chi connectivity index (χ0v) is 24.7. The predicted octanol–water partition coefficient (Wildman–Crippen LogP) is 4.74. The lowest BCUT2D eigenvalue weighted by Gasteiger charge is -2.32. The van der Waals surface area contributed by atoms with E-state index >= 15 is 0 Å². The van der Waals surface area contributed by atoms with E-state index in [0.29, 0.717) is 51.5 Å². The minimum absolute atomic E-state index is 0.171. The molecule has 1 aliphatic heterocycles. The molecule has 7 rings (SSSR count). The first kappa shape index (κ1) is 28.5. The van der Waals surface area contributed by atoms with Crippen molar-refractivity contribution in [1.29, 1.82) is 10.5 Å². The molecule has 3 N–H and O–H groups in total. The van der Waals surface area contributed by atoms with Crippen molar-refractivity contribution in [2.24, 2.45) is 0 Å². The second-order valence-corrected chi connectivity index (χ2v) is 11.1. The Balaban J connectivity index is 1.14. The van der Waals surface area contributed by atoms with Gasteiger partial charge in [-0.1, -0.05) is 12.1 Å². The predicted molar refractivity (Wildman–Crippen MR) is 173 cm³/mol. The molecule has 0 amide bonds. The van der Waals surface area contributed by atoms with E-state index in [1.165, 1.54) is 11.8 Å². The zero-order valence-electron chi connectivity index (χ0n) is 24.7. The molecule has 46 heavy (non-hydrogen) atoms. The van der Waals surface area contributed by atoms with Crippen molar-refractivity contribution in [2.75, 3.05) is 24.1 Å². The van der Waals surface area contributed by atoms with E-state index in [9.17, 15) is 5.26 Å². The normalized spacial score (nSPS) is 13.7. The minimum Gasteiger partial charge on any atom is -0.383 e. The van der Waals surface area contributed by atoms with Gasteiger partial charge in [0, 0.05) is 61.7 Å². The van der Waals surface area contributed by atoms with E-state index in [0.717, 1.165) is 43.7 Å². The lowest BCUT2D eigenvalue weighted by atomic mass is 10.0. The summed E-state index contributed by atoms with van der Waals surface area (Å²) in [6.07, 6.45) is 8.44. The molecule has 12 heteroatoms. The number of nitrogen functional groups attached to an aromatic ring is 1. The average Bonchev–Trinajstić information content (AvgIpc) is 3.48. The number of likely N-dealkylation sites (tertiary alicyclic amines) is 1. The van der Waals surface area contributed by atoms with Crippen LogP contribution in [0.5, 0.6) is 0 Å². The number of fused-ring (bicyclic) bond motifs is 1. The number of hydrogen-bond acceptors (Lipinski definition) is 11. The third-order valence-electron chi connectivity index (χ3n) is 8.04. The number of benzene rings is 1. The molecule has 6 heterocycles. The Labute approximate surface area is 264 Å². The number of anilines is 2. The highest BCUT2D eigenvalue weighted by Gasteiger charge is 2.21. The number of nitrogens with zero attached hydrogens (tertiary/aromatic N) is 10. The molecule has 1 aromatic carbocycles. The van der Waals surface area contributed by atoms with Crippen LogP contribution in [0.2, 0.25) is 0 Å². The van der Waals surface area contributed by atoms with Crippen molar-refractivity contribution in [3.05, 3.63) is 102 Å². The maximum atomic E-state index is 9.38. The van der Waals surface area contributed by atoms with Crippen LogP contribution >= 0.6 is 0 Å². The van der Waals surface area contributed by atoms with E-state index in [1.807, 2.05) is 34.9 Å². The molecule has 1 fully saturated rings. The second kappa shape index (κ2) is 12.4. The summed E-state index contributed by atoms with van der Waals surface area (Å²) in [5.41, 5.74) is 12.4. The van der Waals surface area contributed by atoms with Crippen LogP contribution < -0.4 is 11.1 Å². The fourth-order valence-corrected chi connectivity index (χ4v) is 5.74. The van der Waals surface area contributed by atoms with Gasteiger partial charge in [0.25, 0.3) is 0 Å². The summed E-state index contributed by atoms with van der Waals surface area (Å²) in [5, 5.41) is 21.9. The summed E-state index contributed by atoms with van der Waals surface area (Å²) in [6, 6.07) is 24.0. The molecule has 1 aliphatic rings. The Morgan fingerprint density at radius 3 is 2.52 bits per heavy atom. The molecule has 0 radical (unpaired) electrons. The number of hydrogen-bond donors (Lipinski definition) is 2. The zero-order chi connectivity index (χ0) is 31.5. The molecule has 0 spiro atoms. The average molecular weight is 605 g/mol. The number of pyridine rings is 3. The van der Waals surface area contributed by atoms with Crippen LogP contribution in [0.15, 0.2) is 85.5 Å². The fraction of sp³-hybridized carbons (Fsp3) is 0.176. The van der Waals surface area contributed by atoms with E-state index < -0.39 is 0 Å². The van der Waals surface area contributed by atoms with Crippen LogP contribution in [-0.4, -0.2) is 58.5 Å². The van der Waals surface area contributed by atoms with Gasteiger partial charge in [-0.05, 0) is 66.9 Å². The number of aromatic nitrogens is 7. The van der Waals surface area contributed by atoms with E-state index in [2.05, 4.69) is 60.5 Å². The molecule has 0 saturated carbocycles. The molecule has 0 aliphatic carbocycles. The molecule has 0 atom stereocenters. The van der Waals surface area contributed by atoms with Crippen molar-refractivity contribution in [3.8, 4) is 40.5 Å². The second-order valence-electron chi connectivity index (χ2n) is 11.1. The Morgan fingerprint density at radius 2 is 1.74 bits per heavy atom. The molecular weight excluding hydrogens is 576 g/mol. The molecule has 6 aromatic rings. The fourth-order valence-electron chi connectivity index (χ4n) is 5.74. The quantitative estimate of drug-likeness (QED) is 0.258. The summed E-state index contributed by atoms with van der Waals surface area (Å²) < 4.78 is 2.00. The van der Waals surface area contributed by atoms with Crippen LogP contribution in [0.1, 0.15) is 29.8 Å². The van der Waals surface area contributed by atoms with Crippen LogP contribution in [0.25, 0.3) is 39.5 Å². The number of nitriles is 2. The largest absolute Gasteiger partial charge is 0.383 e. The van der Waals surface area contributed by atoms with Gasteiger partial charge >= 0.3 is 0 Å². The topological polar surface area (TPSA) is 171 Å². The van der Waals surface area contributed by atoms with Gasteiger partial charge in [0.15, 0.2) is 11.5 Å². The van der Waals surface area contributed by atoms with Crippen LogP contribution in [0.3, 0.4) is 0 Å². The van der Waals surface area contributed by atoms with Crippen LogP contribution in [0, 0.1) is 22.7 Å². The monoisotopic (exact) mass is 604 g/mol. The van der Waals surface area contributed by atoms with Crippen LogP contribution in [0.4, 0.5) is 11.6 Å². The highest BCUT2D eigenvalue weighted by Crippen LogP contribution is 2.32. The summed E-state index contributed by atoms with van der Waals surface area (Å²) in [5.74, 6) is 1.88. The SMILES string of the molecule is N#Cc1cncc(-c2ccc3nc(-c4cccnc4N)n(-c4ccc(CN5CCC(Nc6ccnc(C#N)n6)CC5)cc4)c3n2)c1. The van der Waals surface area contributed by atoms with E-state index in [4.69, 9.17) is 21.0 Å². The Bertz CT molecular complexity index is 2120. The highest BCUT2D eigenvalue weighted by atomic mass is 15.2. The molecule has 5 aromatic heterocycles. The van der Waals surface area contributed by atoms with Gasteiger partial charge in [0.2, 0.25) is 5.82 Å². The van der Waals surface area contributed by atoms with Crippen LogP contribution in [-0.2, 0) is 6.54 Å². The number of rotatable bonds is 7. The third kappa shape index (κ3) is 5.80. The lowest BCUT2D eigenvalue weighted by Crippen LogP contribution is -2.38. The molecule has 0 unspecified atom stereocenters. The Kier molecular flexibility index (Phi) is 7.69. The molecule has 12 nitrogen and oxygen atoms in total. The van der Waals surface area contributed by atoms with Gasteiger partial charge < -0.3 is 11.1 Å². The maximum absolute atomic E-state index is 9.38. The minimum atomic E-state index is 0.171. The first-order valence-electron chi connectivity index (χ1n) is 14.8. The number of nitrogens with two attached hydrogens (primary N) is 1. The smallest absolute Gasteiger partial charge is 0.234 e. The highest BCUT2D eigenvalue weighted by molar-refractivity contribution is 5.84. The van der Waals surface area contributed by atoms with Crippen molar-refractivity contribution >= 4 is 22.8 Å². The van der Waals surface area contributed by atoms with Gasteiger partial charge in [-0.3, -0.25) is 14.5 Å². The van der Waals surface area contributed by atoms with Crippen molar-refractivity contribution in [2.45, 2.75) is 25.4 Å². The van der Waals surface area contributed by atoms with Crippen molar-refractivity contribution < 1.29 is 0 Å². The number of nitrogens with one attached hydrogen (secondary N) is 1. The van der Waals surface area contributed by atoms with Gasteiger partial charge in [0.1, 0.15) is 29.3 Å². The first-order chi connectivity index (χ1) is 22.6. The van der Waals surface area contributed by atoms with Crippen molar-refractivity contribution in [3.63, 3.8) is 0 Å². The molecular formula is C34H28N12. The molecule has 0 bridgehead atoms. The standard InChI is InChI=1S/C34H28N12/c35-17-23-16-24(20-38-19-23)28-7-8-29-34(42-28)46(33(43-29)27-2-1-12-40-32(27)37)26-5-3-22(4-6-26)21-45-14-10-25(11-15-45)41-30-9-13-39-31(18-36)44-30/h1-9,12-13,16,19-20,25H,10-11,14-15,21H2,(H2,37,40)(H,39,41,44). The number of piperidine rings is 1. The van der Waals surface area contributed by atoms with Gasteiger partial charge in [0.05, 0.1) is 16.8 Å². The van der Waals surface area contributed by atoms with Gasteiger partial charge in [-0.25, -0.2) is 24.9 Å². The van der Waals surface area contributed by atoms with E-state index in [1.54, 1.807) is 30.7 Å². The number of imidazole rings is 1. The lowest BCUT2D eigenvalue weighted by molar-refractivity contribution is 0.211. The maximum Gasteiger partial charge on any atom is 0.234 e.